The molecule has 0 radical (unpaired) electrons. The SMILES string of the molecule is COc1cc([C@@](C)(F)C(=O)N2CC[C@@]3(CCc4cc(-c5ncccn5)c(C)nc4N3)C2)c(F)cn1. The van der Waals surface area contributed by atoms with Crippen molar-refractivity contribution in [2.24, 2.45) is 0 Å². The van der Waals surface area contributed by atoms with Crippen LogP contribution in [0.2, 0.25) is 0 Å². The van der Waals surface area contributed by atoms with Crippen molar-refractivity contribution in [2.75, 3.05) is 25.5 Å². The van der Waals surface area contributed by atoms with Gasteiger partial charge < -0.3 is 15.0 Å². The topological polar surface area (TPSA) is 93.1 Å². The molecule has 0 aromatic carbocycles. The Kier molecular flexibility index (Phi) is 5.61. The molecule has 1 spiro atoms. The molecule has 5 rings (SSSR count). The van der Waals surface area contributed by atoms with Crippen molar-refractivity contribution in [1.82, 2.24) is 24.8 Å². The molecule has 35 heavy (non-hydrogen) atoms. The Balaban J connectivity index is 1.36. The predicted molar refractivity (Wildman–Crippen MR) is 125 cm³/mol. The van der Waals surface area contributed by atoms with Crippen LogP contribution < -0.4 is 10.1 Å². The molecule has 2 aliphatic heterocycles. The fourth-order valence-electron chi connectivity index (χ4n) is 4.95. The standard InChI is InChI=1S/C25H26F2N6O2/c1-15-17(22-28-8-4-9-29-22)11-16-5-6-25(32-21(16)31-15)7-10-33(14-25)23(34)24(2,27)18-12-20(35-3)30-13-19(18)26/h4,8-9,11-13H,5-7,10,14H2,1-3H3,(H,31,32)/t24-,25+/m1/s1. The van der Waals surface area contributed by atoms with E-state index in [2.05, 4.69) is 26.3 Å². The summed E-state index contributed by atoms with van der Waals surface area (Å²) in [7, 11) is 1.35. The van der Waals surface area contributed by atoms with E-state index >= 15 is 4.39 Å². The fourth-order valence-corrected chi connectivity index (χ4v) is 4.95. The molecule has 1 fully saturated rings. The Morgan fingerprint density at radius 3 is 2.74 bits per heavy atom. The molecule has 0 bridgehead atoms. The molecule has 1 amide bonds. The zero-order valence-corrected chi connectivity index (χ0v) is 19.8. The average Bonchev–Trinajstić information content (AvgIpc) is 3.26. The Labute approximate surface area is 201 Å². The number of nitrogens with one attached hydrogen (secondary N) is 1. The van der Waals surface area contributed by atoms with Gasteiger partial charge in [-0.15, -0.1) is 0 Å². The maximum absolute atomic E-state index is 15.7. The van der Waals surface area contributed by atoms with Gasteiger partial charge in [-0.1, -0.05) is 0 Å². The van der Waals surface area contributed by atoms with Crippen LogP contribution in [-0.4, -0.2) is 56.5 Å². The lowest BCUT2D eigenvalue weighted by atomic mass is 9.86. The quantitative estimate of drug-likeness (QED) is 0.610. The molecule has 1 saturated heterocycles. The normalized spacial score (nSPS) is 20.8. The zero-order valence-electron chi connectivity index (χ0n) is 19.8. The van der Waals surface area contributed by atoms with Crippen molar-refractivity contribution >= 4 is 11.7 Å². The summed E-state index contributed by atoms with van der Waals surface area (Å²) in [4.78, 5) is 31.8. The summed E-state index contributed by atoms with van der Waals surface area (Å²) in [5.74, 6) is -0.241. The third kappa shape index (κ3) is 4.06. The summed E-state index contributed by atoms with van der Waals surface area (Å²) < 4.78 is 35.1. The molecule has 2 aliphatic rings. The van der Waals surface area contributed by atoms with Gasteiger partial charge in [-0.3, -0.25) is 4.79 Å². The molecular weight excluding hydrogens is 454 g/mol. The van der Waals surface area contributed by atoms with E-state index in [4.69, 9.17) is 9.72 Å². The van der Waals surface area contributed by atoms with Gasteiger partial charge in [0.1, 0.15) is 11.6 Å². The van der Waals surface area contributed by atoms with E-state index in [1.165, 1.54) is 12.0 Å². The van der Waals surface area contributed by atoms with E-state index in [0.29, 0.717) is 25.3 Å². The summed E-state index contributed by atoms with van der Waals surface area (Å²) in [6, 6.07) is 4.96. The minimum absolute atomic E-state index is 0.0447. The first-order chi connectivity index (χ1) is 16.7. The summed E-state index contributed by atoms with van der Waals surface area (Å²) in [5.41, 5.74) is -0.632. The minimum Gasteiger partial charge on any atom is -0.481 e. The highest BCUT2D eigenvalue weighted by atomic mass is 19.1. The molecule has 3 aromatic rings. The Hall–Kier alpha value is -3.69. The molecule has 0 unspecified atom stereocenters. The first-order valence-electron chi connectivity index (χ1n) is 11.5. The van der Waals surface area contributed by atoms with Crippen molar-refractivity contribution in [3.05, 3.63) is 59.4 Å². The van der Waals surface area contributed by atoms with E-state index in [0.717, 1.165) is 54.7 Å². The highest BCUT2D eigenvalue weighted by molar-refractivity contribution is 5.86. The zero-order chi connectivity index (χ0) is 24.8. The van der Waals surface area contributed by atoms with Crippen LogP contribution >= 0.6 is 0 Å². The molecule has 10 heteroatoms. The number of alkyl halides is 1. The maximum Gasteiger partial charge on any atom is 0.264 e. The average molecular weight is 481 g/mol. The number of aromatic nitrogens is 4. The van der Waals surface area contributed by atoms with Gasteiger partial charge in [0.25, 0.3) is 5.91 Å². The van der Waals surface area contributed by atoms with Crippen molar-refractivity contribution in [1.29, 1.82) is 0 Å². The molecule has 5 heterocycles. The van der Waals surface area contributed by atoms with Gasteiger partial charge in [0.15, 0.2) is 5.82 Å². The van der Waals surface area contributed by atoms with Gasteiger partial charge in [-0.2, -0.15) is 0 Å². The fraction of sp³-hybridized carbons (Fsp3) is 0.400. The van der Waals surface area contributed by atoms with Crippen LogP contribution in [0, 0.1) is 12.7 Å². The number of aryl methyl sites for hydroxylation is 2. The number of hydrogen-bond donors (Lipinski definition) is 1. The molecular formula is C25H26F2N6O2. The largest absolute Gasteiger partial charge is 0.481 e. The first kappa shape index (κ1) is 23.1. The molecule has 182 valence electrons. The number of carbonyl (C=O) groups excluding carboxylic acids is 1. The number of fused-ring (bicyclic) bond motifs is 1. The van der Waals surface area contributed by atoms with Gasteiger partial charge >= 0.3 is 0 Å². The maximum atomic E-state index is 15.7. The summed E-state index contributed by atoms with van der Waals surface area (Å²) in [6.07, 6.45) is 6.41. The predicted octanol–water partition coefficient (Wildman–Crippen LogP) is 3.60. The van der Waals surface area contributed by atoms with E-state index in [9.17, 15) is 9.18 Å². The number of anilines is 1. The van der Waals surface area contributed by atoms with Crippen LogP contribution in [0.15, 0.2) is 36.8 Å². The number of ether oxygens (including phenoxy) is 1. The second-order valence-corrected chi connectivity index (χ2v) is 9.29. The Morgan fingerprint density at radius 2 is 2.00 bits per heavy atom. The molecule has 0 aliphatic carbocycles. The second kappa shape index (κ2) is 8.51. The summed E-state index contributed by atoms with van der Waals surface area (Å²) in [5, 5.41) is 3.53. The van der Waals surface area contributed by atoms with Crippen molar-refractivity contribution in [3.63, 3.8) is 0 Å². The van der Waals surface area contributed by atoms with Crippen LogP contribution in [0.3, 0.4) is 0 Å². The van der Waals surface area contributed by atoms with Crippen LogP contribution in [-0.2, 0) is 16.9 Å². The van der Waals surface area contributed by atoms with E-state index in [1.807, 2.05) is 6.92 Å². The van der Waals surface area contributed by atoms with Gasteiger partial charge in [0.2, 0.25) is 11.5 Å². The Bertz CT molecular complexity index is 1290. The number of likely N-dealkylation sites (tertiary alicyclic amines) is 1. The monoisotopic (exact) mass is 480 g/mol. The van der Waals surface area contributed by atoms with Crippen molar-refractivity contribution in [2.45, 2.75) is 44.3 Å². The van der Waals surface area contributed by atoms with Crippen LogP contribution in [0.1, 0.15) is 36.6 Å². The van der Waals surface area contributed by atoms with Crippen molar-refractivity contribution < 1.29 is 18.3 Å². The van der Waals surface area contributed by atoms with Gasteiger partial charge in [0.05, 0.1) is 24.5 Å². The molecule has 1 N–H and O–H groups in total. The Morgan fingerprint density at radius 1 is 1.23 bits per heavy atom. The van der Waals surface area contributed by atoms with Crippen molar-refractivity contribution in [3.8, 4) is 17.3 Å². The van der Waals surface area contributed by atoms with Crippen LogP contribution in [0.4, 0.5) is 14.6 Å². The molecule has 2 atom stereocenters. The minimum atomic E-state index is -2.56. The summed E-state index contributed by atoms with van der Waals surface area (Å²) >= 11 is 0. The lowest BCUT2D eigenvalue weighted by Gasteiger charge is -2.37. The second-order valence-electron chi connectivity index (χ2n) is 9.29. The number of hydrogen-bond acceptors (Lipinski definition) is 7. The first-order valence-corrected chi connectivity index (χ1v) is 11.5. The highest BCUT2D eigenvalue weighted by Gasteiger charge is 2.48. The third-order valence-corrected chi connectivity index (χ3v) is 6.94. The lowest BCUT2D eigenvalue weighted by Crippen LogP contribution is -2.48. The van der Waals surface area contributed by atoms with Crippen LogP contribution in [0.25, 0.3) is 11.4 Å². The number of carbonyl (C=O) groups is 1. The number of methoxy groups -OCH3 is 1. The number of halogens is 2. The highest BCUT2D eigenvalue weighted by Crippen LogP contribution is 2.40. The van der Waals surface area contributed by atoms with E-state index < -0.39 is 22.9 Å². The van der Waals surface area contributed by atoms with Crippen LogP contribution in [0.5, 0.6) is 5.88 Å². The van der Waals surface area contributed by atoms with E-state index in [1.54, 1.807) is 18.5 Å². The third-order valence-electron chi connectivity index (χ3n) is 6.94. The number of pyridine rings is 2. The molecule has 3 aromatic heterocycles. The lowest BCUT2D eigenvalue weighted by molar-refractivity contribution is -0.142. The molecule has 0 saturated carbocycles. The number of amides is 1. The number of nitrogens with zero attached hydrogens (tertiary/aromatic N) is 5. The van der Waals surface area contributed by atoms with Gasteiger partial charge in [-0.25, -0.2) is 28.7 Å². The number of rotatable bonds is 4. The van der Waals surface area contributed by atoms with E-state index in [-0.39, 0.29) is 11.4 Å². The smallest absolute Gasteiger partial charge is 0.264 e. The molecule has 8 nitrogen and oxygen atoms in total. The summed E-state index contributed by atoms with van der Waals surface area (Å²) in [6.45, 7) is 3.66. The van der Waals surface area contributed by atoms with Gasteiger partial charge in [-0.05, 0) is 50.8 Å². The van der Waals surface area contributed by atoms with Gasteiger partial charge in [0, 0.05) is 42.7 Å².